The van der Waals surface area contributed by atoms with Crippen molar-refractivity contribution < 1.29 is 4.74 Å². The molecule has 4 nitrogen and oxygen atoms in total. The molecule has 0 spiro atoms. The number of guanidine groups is 1. The van der Waals surface area contributed by atoms with Gasteiger partial charge in [-0.05, 0) is 37.5 Å². The Hall–Kier alpha value is -0.770. The Kier molecular flexibility index (Phi) is 4.04. The second kappa shape index (κ2) is 5.53. The molecule has 1 saturated carbocycles. The molecule has 92 valence electrons. The standard InChI is InChI=1S/C12H23N3O/c1-9-8-16-6-5-10(9)7-14-12(13)15-11-3-2-4-11/h9-11H,2-8H2,1H3,(H3,13,14,15). The molecule has 2 rings (SSSR count). The zero-order valence-corrected chi connectivity index (χ0v) is 10.1. The summed E-state index contributed by atoms with van der Waals surface area (Å²) in [5.74, 6) is 1.87. The van der Waals surface area contributed by atoms with Crippen molar-refractivity contribution in [2.45, 2.75) is 38.6 Å². The number of rotatable bonds is 3. The minimum absolute atomic E-state index is 0.580. The molecular weight excluding hydrogens is 202 g/mol. The highest BCUT2D eigenvalue weighted by Gasteiger charge is 2.22. The molecule has 0 aromatic rings. The number of nitrogens with one attached hydrogen (secondary N) is 1. The third kappa shape index (κ3) is 3.11. The van der Waals surface area contributed by atoms with Gasteiger partial charge in [0.25, 0.3) is 0 Å². The number of ether oxygens (including phenoxy) is 1. The van der Waals surface area contributed by atoms with Gasteiger partial charge in [0.05, 0.1) is 0 Å². The summed E-state index contributed by atoms with van der Waals surface area (Å²) < 4.78 is 5.41. The Morgan fingerprint density at radius 1 is 1.44 bits per heavy atom. The van der Waals surface area contributed by atoms with Crippen molar-refractivity contribution >= 4 is 5.96 Å². The first kappa shape index (κ1) is 11.7. The Morgan fingerprint density at radius 3 is 2.88 bits per heavy atom. The molecule has 2 unspecified atom stereocenters. The molecule has 0 aromatic carbocycles. The van der Waals surface area contributed by atoms with Gasteiger partial charge >= 0.3 is 0 Å². The van der Waals surface area contributed by atoms with E-state index in [4.69, 9.17) is 10.5 Å². The van der Waals surface area contributed by atoms with Crippen molar-refractivity contribution in [1.82, 2.24) is 5.32 Å². The van der Waals surface area contributed by atoms with Crippen molar-refractivity contribution in [2.75, 3.05) is 19.8 Å². The van der Waals surface area contributed by atoms with Crippen LogP contribution in [-0.4, -0.2) is 31.8 Å². The van der Waals surface area contributed by atoms with Crippen LogP contribution in [0.5, 0.6) is 0 Å². The first-order valence-electron chi connectivity index (χ1n) is 6.40. The van der Waals surface area contributed by atoms with E-state index in [2.05, 4.69) is 17.2 Å². The molecular formula is C12H23N3O. The molecule has 0 amide bonds. The van der Waals surface area contributed by atoms with Crippen LogP contribution in [0.1, 0.15) is 32.6 Å². The van der Waals surface area contributed by atoms with E-state index in [1.807, 2.05) is 0 Å². The lowest BCUT2D eigenvalue weighted by Gasteiger charge is -2.29. The quantitative estimate of drug-likeness (QED) is 0.559. The van der Waals surface area contributed by atoms with Gasteiger partial charge in [0.2, 0.25) is 0 Å². The highest BCUT2D eigenvalue weighted by Crippen LogP contribution is 2.21. The lowest BCUT2D eigenvalue weighted by molar-refractivity contribution is 0.0273. The molecule has 0 radical (unpaired) electrons. The van der Waals surface area contributed by atoms with E-state index < -0.39 is 0 Å². The second-order valence-corrected chi connectivity index (χ2v) is 5.10. The molecule has 0 aromatic heterocycles. The second-order valence-electron chi connectivity index (χ2n) is 5.10. The minimum atomic E-state index is 0.580. The highest BCUT2D eigenvalue weighted by atomic mass is 16.5. The van der Waals surface area contributed by atoms with Crippen molar-refractivity contribution in [3.05, 3.63) is 0 Å². The summed E-state index contributed by atoms with van der Waals surface area (Å²) in [4.78, 5) is 4.45. The third-order valence-corrected chi connectivity index (χ3v) is 3.77. The van der Waals surface area contributed by atoms with Crippen molar-refractivity contribution in [2.24, 2.45) is 22.6 Å². The van der Waals surface area contributed by atoms with Gasteiger partial charge in [-0.2, -0.15) is 0 Å². The van der Waals surface area contributed by atoms with Crippen LogP contribution in [-0.2, 0) is 4.74 Å². The Balaban J connectivity index is 1.72. The Bertz CT molecular complexity index is 251. The zero-order valence-electron chi connectivity index (χ0n) is 10.1. The molecule has 1 heterocycles. The maximum Gasteiger partial charge on any atom is 0.188 e. The lowest BCUT2D eigenvalue weighted by Crippen LogP contribution is -2.44. The van der Waals surface area contributed by atoms with Crippen LogP contribution in [0.15, 0.2) is 4.99 Å². The summed E-state index contributed by atoms with van der Waals surface area (Å²) in [5, 5.41) is 3.27. The summed E-state index contributed by atoms with van der Waals surface area (Å²) in [6.45, 7) is 4.82. The number of hydrogen-bond acceptors (Lipinski definition) is 2. The van der Waals surface area contributed by atoms with E-state index in [0.717, 1.165) is 26.2 Å². The number of aliphatic imine (C=N–C) groups is 1. The minimum Gasteiger partial charge on any atom is -0.381 e. The van der Waals surface area contributed by atoms with E-state index in [-0.39, 0.29) is 0 Å². The largest absolute Gasteiger partial charge is 0.381 e. The fraction of sp³-hybridized carbons (Fsp3) is 0.917. The first-order chi connectivity index (χ1) is 7.75. The van der Waals surface area contributed by atoms with E-state index >= 15 is 0 Å². The van der Waals surface area contributed by atoms with Crippen LogP contribution < -0.4 is 11.1 Å². The van der Waals surface area contributed by atoms with E-state index in [1.54, 1.807) is 0 Å². The molecule has 4 heteroatoms. The van der Waals surface area contributed by atoms with Gasteiger partial charge in [-0.25, -0.2) is 0 Å². The van der Waals surface area contributed by atoms with E-state index in [0.29, 0.717) is 23.8 Å². The Morgan fingerprint density at radius 2 is 2.25 bits per heavy atom. The normalized spacial score (nSPS) is 32.2. The molecule has 2 fully saturated rings. The molecule has 1 aliphatic heterocycles. The lowest BCUT2D eigenvalue weighted by atomic mass is 9.90. The molecule has 2 aliphatic rings. The number of hydrogen-bond donors (Lipinski definition) is 2. The summed E-state index contributed by atoms with van der Waals surface area (Å²) in [6.07, 6.45) is 4.91. The van der Waals surface area contributed by atoms with Crippen molar-refractivity contribution in [3.63, 3.8) is 0 Å². The summed E-state index contributed by atoms with van der Waals surface area (Å²) in [7, 11) is 0. The van der Waals surface area contributed by atoms with Gasteiger partial charge in [0.15, 0.2) is 5.96 Å². The summed E-state index contributed by atoms with van der Waals surface area (Å²) >= 11 is 0. The van der Waals surface area contributed by atoms with Gasteiger partial charge in [-0.1, -0.05) is 6.92 Å². The Labute approximate surface area is 97.6 Å². The first-order valence-corrected chi connectivity index (χ1v) is 6.40. The monoisotopic (exact) mass is 225 g/mol. The molecule has 1 saturated heterocycles. The maximum atomic E-state index is 5.85. The highest BCUT2D eigenvalue weighted by molar-refractivity contribution is 5.78. The van der Waals surface area contributed by atoms with Crippen LogP contribution in [0.2, 0.25) is 0 Å². The maximum absolute atomic E-state index is 5.85. The number of nitrogens with zero attached hydrogens (tertiary/aromatic N) is 1. The topological polar surface area (TPSA) is 59.6 Å². The van der Waals surface area contributed by atoms with Gasteiger partial charge in [-0.15, -0.1) is 0 Å². The van der Waals surface area contributed by atoms with Gasteiger partial charge < -0.3 is 15.8 Å². The van der Waals surface area contributed by atoms with Gasteiger partial charge in [0, 0.05) is 25.8 Å². The van der Waals surface area contributed by atoms with Crippen LogP contribution in [0.25, 0.3) is 0 Å². The molecule has 2 atom stereocenters. The number of nitrogens with two attached hydrogens (primary N) is 1. The molecule has 0 bridgehead atoms. The summed E-state index contributed by atoms with van der Waals surface area (Å²) in [6, 6.07) is 0.580. The zero-order chi connectivity index (χ0) is 11.4. The van der Waals surface area contributed by atoms with Crippen LogP contribution in [0.3, 0.4) is 0 Å². The van der Waals surface area contributed by atoms with Crippen molar-refractivity contribution in [3.8, 4) is 0 Å². The van der Waals surface area contributed by atoms with Crippen LogP contribution >= 0.6 is 0 Å². The predicted molar refractivity (Wildman–Crippen MR) is 65.4 cm³/mol. The van der Waals surface area contributed by atoms with E-state index in [9.17, 15) is 0 Å². The average Bonchev–Trinajstić information content (AvgIpc) is 2.22. The smallest absolute Gasteiger partial charge is 0.188 e. The van der Waals surface area contributed by atoms with E-state index in [1.165, 1.54) is 19.3 Å². The SMILES string of the molecule is CC1COCCC1CN=C(N)NC1CCC1. The predicted octanol–water partition coefficient (Wildman–Crippen LogP) is 1.12. The fourth-order valence-corrected chi connectivity index (χ4v) is 2.22. The van der Waals surface area contributed by atoms with Gasteiger partial charge in [-0.3, -0.25) is 4.99 Å². The molecule has 1 aliphatic carbocycles. The summed E-state index contributed by atoms with van der Waals surface area (Å²) in [5.41, 5.74) is 5.85. The molecule has 3 N–H and O–H groups in total. The fourth-order valence-electron chi connectivity index (χ4n) is 2.22. The van der Waals surface area contributed by atoms with Crippen molar-refractivity contribution in [1.29, 1.82) is 0 Å². The third-order valence-electron chi connectivity index (χ3n) is 3.77. The van der Waals surface area contributed by atoms with Gasteiger partial charge in [0.1, 0.15) is 0 Å². The average molecular weight is 225 g/mol. The van der Waals surface area contributed by atoms with Crippen LogP contribution in [0.4, 0.5) is 0 Å². The van der Waals surface area contributed by atoms with Crippen LogP contribution in [0, 0.1) is 11.8 Å². The molecule has 16 heavy (non-hydrogen) atoms.